The molecule has 142 valence electrons. The van der Waals surface area contributed by atoms with Gasteiger partial charge in [0.25, 0.3) is 0 Å². The normalized spacial score (nSPS) is 14.2. The van der Waals surface area contributed by atoms with Crippen molar-refractivity contribution in [3.63, 3.8) is 0 Å². The first-order chi connectivity index (χ1) is 11.1. The number of carbonyl (C=O) groups excluding carboxylic acids is 1. The molecule has 0 aromatic heterocycles. The molecule has 0 heterocycles. The summed E-state index contributed by atoms with van der Waals surface area (Å²) in [6, 6.07) is 0. The fourth-order valence-corrected chi connectivity index (χ4v) is 2.56. The predicted octanol–water partition coefficient (Wildman–Crippen LogP) is 4.42. The molecule has 0 amide bonds. The Balaban J connectivity index is 4.02. The van der Waals surface area contributed by atoms with Gasteiger partial charge in [0, 0.05) is 0 Å². The van der Waals surface area contributed by atoms with Gasteiger partial charge in [0.2, 0.25) is 5.54 Å². The van der Waals surface area contributed by atoms with Crippen LogP contribution in [0.3, 0.4) is 0 Å². The number of carboxylic acids is 1. The van der Waals surface area contributed by atoms with E-state index < -0.39 is 23.1 Å². The van der Waals surface area contributed by atoms with Crippen LogP contribution in [-0.2, 0) is 14.3 Å². The van der Waals surface area contributed by atoms with Crippen molar-refractivity contribution in [2.75, 3.05) is 0 Å². The minimum atomic E-state index is -1.94. The van der Waals surface area contributed by atoms with E-state index in [1.165, 1.54) is 38.5 Å². The van der Waals surface area contributed by atoms with Crippen molar-refractivity contribution in [3.05, 3.63) is 0 Å². The van der Waals surface area contributed by atoms with E-state index in [0.717, 1.165) is 19.3 Å². The number of carboxylic acid groups (broad SMARTS) is 1. The van der Waals surface area contributed by atoms with Gasteiger partial charge in [0.15, 0.2) is 0 Å². The Labute approximate surface area is 147 Å². The monoisotopic (exact) mass is 343 g/mol. The van der Waals surface area contributed by atoms with Gasteiger partial charge < -0.3 is 15.6 Å². The standard InChI is InChI=1S/C19H37NO4/c1-5-6-7-8-9-10-11-12-13-14-15-19(20,16(21)22)17(23)24-18(2,3)4/h5-15,20H2,1-4H3,(H,21,22). The molecular formula is C19H37NO4. The number of hydrogen-bond acceptors (Lipinski definition) is 4. The Morgan fingerprint density at radius 1 is 0.875 bits per heavy atom. The lowest BCUT2D eigenvalue weighted by molar-refractivity contribution is -0.169. The second kappa shape index (κ2) is 11.5. The average Bonchev–Trinajstić information content (AvgIpc) is 2.46. The van der Waals surface area contributed by atoms with Crippen LogP contribution in [0.1, 0.15) is 98.3 Å². The molecule has 0 bridgehead atoms. The topological polar surface area (TPSA) is 89.6 Å². The SMILES string of the molecule is CCCCCCCCCCCCC(N)(C(=O)O)C(=O)OC(C)(C)C. The number of nitrogens with two attached hydrogens (primary N) is 1. The number of unbranched alkanes of at least 4 members (excludes halogenated alkanes) is 9. The van der Waals surface area contributed by atoms with Gasteiger partial charge in [-0.05, 0) is 27.2 Å². The van der Waals surface area contributed by atoms with Gasteiger partial charge in [-0.15, -0.1) is 0 Å². The zero-order valence-electron chi connectivity index (χ0n) is 16.0. The molecule has 0 aliphatic heterocycles. The number of ether oxygens (including phenoxy) is 1. The number of esters is 1. The summed E-state index contributed by atoms with van der Waals surface area (Å²) >= 11 is 0. The van der Waals surface area contributed by atoms with Gasteiger partial charge in [0.1, 0.15) is 5.60 Å². The molecule has 0 fully saturated rings. The van der Waals surface area contributed by atoms with Crippen LogP contribution in [0.25, 0.3) is 0 Å². The molecule has 3 N–H and O–H groups in total. The maximum atomic E-state index is 12.1. The van der Waals surface area contributed by atoms with E-state index in [9.17, 15) is 14.7 Å². The zero-order chi connectivity index (χ0) is 18.6. The summed E-state index contributed by atoms with van der Waals surface area (Å²) < 4.78 is 5.16. The fraction of sp³-hybridized carbons (Fsp3) is 0.895. The van der Waals surface area contributed by atoms with Crippen molar-refractivity contribution in [3.8, 4) is 0 Å². The molecule has 0 spiro atoms. The molecule has 0 saturated carbocycles. The van der Waals surface area contributed by atoms with Gasteiger partial charge in [-0.25, -0.2) is 9.59 Å². The molecule has 0 rings (SSSR count). The Morgan fingerprint density at radius 3 is 1.67 bits per heavy atom. The van der Waals surface area contributed by atoms with Crippen molar-refractivity contribution in [1.82, 2.24) is 0 Å². The van der Waals surface area contributed by atoms with Gasteiger partial charge in [-0.1, -0.05) is 71.1 Å². The first-order valence-corrected chi connectivity index (χ1v) is 9.39. The van der Waals surface area contributed by atoms with E-state index in [1.54, 1.807) is 20.8 Å². The zero-order valence-corrected chi connectivity index (χ0v) is 16.0. The van der Waals surface area contributed by atoms with E-state index in [1.807, 2.05) is 0 Å². The van der Waals surface area contributed by atoms with Crippen molar-refractivity contribution in [2.45, 2.75) is 109 Å². The summed E-state index contributed by atoms with van der Waals surface area (Å²) in [6.07, 6.45) is 11.5. The molecular weight excluding hydrogens is 306 g/mol. The lowest BCUT2D eigenvalue weighted by Crippen LogP contribution is -2.57. The molecule has 0 saturated heterocycles. The van der Waals surface area contributed by atoms with E-state index in [2.05, 4.69) is 6.92 Å². The highest BCUT2D eigenvalue weighted by molar-refractivity contribution is 6.03. The largest absolute Gasteiger partial charge is 0.479 e. The Bertz CT molecular complexity index is 376. The van der Waals surface area contributed by atoms with Crippen LogP contribution in [0.15, 0.2) is 0 Å². The molecule has 0 aromatic carbocycles. The Morgan fingerprint density at radius 2 is 1.29 bits per heavy atom. The number of aliphatic carboxylic acids is 1. The van der Waals surface area contributed by atoms with E-state index in [4.69, 9.17) is 10.5 Å². The highest BCUT2D eigenvalue weighted by Gasteiger charge is 2.44. The van der Waals surface area contributed by atoms with Crippen molar-refractivity contribution < 1.29 is 19.4 Å². The highest BCUT2D eigenvalue weighted by atomic mass is 16.6. The maximum Gasteiger partial charge on any atom is 0.338 e. The van der Waals surface area contributed by atoms with E-state index in [0.29, 0.717) is 6.42 Å². The molecule has 24 heavy (non-hydrogen) atoms. The van der Waals surface area contributed by atoms with Gasteiger partial charge >= 0.3 is 11.9 Å². The van der Waals surface area contributed by atoms with Crippen LogP contribution in [0, 0.1) is 0 Å². The third kappa shape index (κ3) is 9.91. The highest BCUT2D eigenvalue weighted by Crippen LogP contribution is 2.20. The van der Waals surface area contributed by atoms with Gasteiger partial charge in [-0.2, -0.15) is 0 Å². The summed E-state index contributed by atoms with van der Waals surface area (Å²) in [5, 5.41) is 9.32. The number of carbonyl (C=O) groups is 2. The molecule has 1 unspecified atom stereocenters. The van der Waals surface area contributed by atoms with E-state index >= 15 is 0 Å². The first kappa shape index (κ1) is 22.9. The molecule has 0 aliphatic rings. The summed E-state index contributed by atoms with van der Waals surface area (Å²) in [6.45, 7) is 7.32. The smallest absolute Gasteiger partial charge is 0.338 e. The van der Waals surface area contributed by atoms with Crippen molar-refractivity contribution in [2.24, 2.45) is 5.73 Å². The van der Waals surface area contributed by atoms with Gasteiger partial charge in [-0.3, -0.25) is 0 Å². The van der Waals surface area contributed by atoms with Gasteiger partial charge in [0.05, 0.1) is 0 Å². The number of rotatable bonds is 13. The number of hydrogen-bond donors (Lipinski definition) is 2. The van der Waals surface area contributed by atoms with Crippen LogP contribution >= 0.6 is 0 Å². The minimum Gasteiger partial charge on any atom is -0.479 e. The molecule has 5 nitrogen and oxygen atoms in total. The van der Waals surface area contributed by atoms with Crippen LogP contribution in [0.4, 0.5) is 0 Å². The summed E-state index contributed by atoms with van der Waals surface area (Å²) in [7, 11) is 0. The predicted molar refractivity (Wildman–Crippen MR) is 96.9 cm³/mol. The van der Waals surface area contributed by atoms with Crippen LogP contribution < -0.4 is 5.73 Å². The summed E-state index contributed by atoms with van der Waals surface area (Å²) in [4.78, 5) is 23.5. The van der Waals surface area contributed by atoms with Crippen molar-refractivity contribution in [1.29, 1.82) is 0 Å². The molecule has 0 aliphatic carbocycles. The third-order valence-electron chi connectivity index (χ3n) is 4.07. The lowest BCUT2D eigenvalue weighted by atomic mass is 9.92. The molecule has 1 atom stereocenters. The Hall–Kier alpha value is -1.10. The molecule has 5 heteroatoms. The van der Waals surface area contributed by atoms with Crippen LogP contribution in [-0.4, -0.2) is 28.2 Å². The molecule has 0 radical (unpaired) electrons. The fourth-order valence-electron chi connectivity index (χ4n) is 2.56. The molecule has 0 aromatic rings. The maximum absolute atomic E-state index is 12.1. The van der Waals surface area contributed by atoms with Crippen LogP contribution in [0.2, 0.25) is 0 Å². The second-order valence-electron chi connectivity index (χ2n) is 7.71. The van der Waals surface area contributed by atoms with Crippen molar-refractivity contribution >= 4 is 11.9 Å². The second-order valence-corrected chi connectivity index (χ2v) is 7.71. The lowest BCUT2D eigenvalue weighted by Gasteiger charge is -2.28. The Kier molecular flexibility index (Phi) is 10.9. The summed E-state index contributed by atoms with van der Waals surface area (Å²) in [5.41, 5.74) is 3.15. The third-order valence-corrected chi connectivity index (χ3v) is 4.07. The first-order valence-electron chi connectivity index (χ1n) is 9.39. The average molecular weight is 344 g/mol. The quantitative estimate of drug-likeness (QED) is 0.293. The summed E-state index contributed by atoms with van der Waals surface area (Å²) in [5.74, 6) is -2.16. The van der Waals surface area contributed by atoms with Crippen LogP contribution in [0.5, 0.6) is 0 Å². The van der Waals surface area contributed by atoms with E-state index in [-0.39, 0.29) is 6.42 Å². The minimum absolute atomic E-state index is 0.119.